The van der Waals surface area contributed by atoms with E-state index in [1.54, 1.807) is 77.0 Å². The van der Waals surface area contributed by atoms with Gasteiger partial charge in [0.25, 0.3) is 0 Å². The van der Waals surface area contributed by atoms with E-state index in [4.69, 9.17) is 19.4 Å². The van der Waals surface area contributed by atoms with E-state index in [2.05, 4.69) is 100 Å². The van der Waals surface area contributed by atoms with E-state index >= 15 is 0 Å². The fraction of sp³-hybridized carbons (Fsp3) is 0.610. The Kier molecular flexibility index (Phi) is 13.1. The second-order valence-corrected chi connectivity index (χ2v) is 27.5. The summed E-state index contributed by atoms with van der Waals surface area (Å²) < 4.78 is 3.15. The molecule has 0 amide bonds. The number of hydrogen-bond donors (Lipinski definition) is 0. The number of anilines is 2. The molecule has 0 N–H and O–H groups in total. The standard InChI is InChI=1S/C21H26N2.C15H27P.C5H8.2ClH.Ru/c1-14-9-16(3)20(17(4)10-14)22-7-8-23(13-22)21-18(5)11-15(2)12-19(21)6;1-2-8-13(7-1)16(14-9-3-4-10-14)15-11-5-6-12-15;1-4-5(2)3;;;/h9-12H,7-8H2,1-6H3;13-15H,1-12H2;1,4H,2-3H3;2*1H;/q;;;;;+2/p-2. The molecule has 0 unspecified atom stereocenters. The third kappa shape index (κ3) is 8.91. The molecular formula is C41H61Cl2N2PRu. The quantitative estimate of drug-likeness (QED) is 0.213. The third-order valence-electron chi connectivity index (χ3n) is 10.8. The van der Waals surface area contributed by atoms with Crippen LogP contribution in [-0.2, 0) is 11.9 Å². The molecule has 0 aromatic heterocycles. The van der Waals surface area contributed by atoms with Crippen molar-refractivity contribution in [2.24, 2.45) is 0 Å². The third-order valence-corrected chi connectivity index (χ3v) is 20.3. The maximum atomic E-state index is 7.26. The topological polar surface area (TPSA) is 6.48 Å². The van der Waals surface area contributed by atoms with Gasteiger partial charge >= 0.3 is 199 Å². The van der Waals surface area contributed by atoms with Crippen molar-refractivity contribution in [3.63, 3.8) is 0 Å². The number of nitrogens with zero attached hydrogens (tertiary/aromatic N) is 2. The molecule has 4 aliphatic rings. The van der Waals surface area contributed by atoms with Crippen LogP contribution in [0.15, 0.2) is 35.9 Å². The molecule has 0 spiro atoms. The van der Waals surface area contributed by atoms with Crippen LogP contribution < -0.4 is 9.80 Å². The number of halogens is 2. The van der Waals surface area contributed by atoms with Crippen LogP contribution in [-0.4, -0.2) is 39.0 Å². The van der Waals surface area contributed by atoms with Crippen LogP contribution in [0, 0.1) is 41.5 Å². The zero-order valence-corrected chi connectivity index (χ0v) is 34.7. The average Bonchev–Trinajstić information content (AvgIpc) is 3.81. The molecule has 1 saturated heterocycles. The van der Waals surface area contributed by atoms with Gasteiger partial charge in [0.1, 0.15) is 0 Å². The van der Waals surface area contributed by atoms with Gasteiger partial charge in [0.15, 0.2) is 0 Å². The Morgan fingerprint density at radius 2 is 0.936 bits per heavy atom. The van der Waals surface area contributed by atoms with Crippen LogP contribution in [0.3, 0.4) is 0 Å². The molecule has 1 aliphatic heterocycles. The number of benzene rings is 2. The first-order chi connectivity index (χ1) is 22.4. The molecule has 262 valence electrons. The van der Waals surface area contributed by atoms with Crippen LogP contribution in [0.2, 0.25) is 0 Å². The summed E-state index contributed by atoms with van der Waals surface area (Å²) in [4.78, 5) is 4.79. The second kappa shape index (κ2) is 16.4. The Balaban J connectivity index is 0.000000225. The van der Waals surface area contributed by atoms with Crippen molar-refractivity contribution < 1.29 is 11.9 Å². The molecule has 3 saturated carbocycles. The molecule has 1 heterocycles. The molecule has 3 aliphatic carbocycles. The van der Waals surface area contributed by atoms with Crippen LogP contribution in [0.1, 0.15) is 124 Å². The van der Waals surface area contributed by atoms with Crippen molar-refractivity contribution in [3.8, 4) is 0 Å². The summed E-state index contributed by atoms with van der Waals surface area (Å²) in [6.07, 6.45) is 21.1. The van der Waals surface area contributed by atoms with E-state index in [-0.39, 0.29) is 0 Å². The van der Waals surface area contributed by atoms with Crippen molar-refractivity contribution >= 4 is 47.6 Å². The maximum absolute atomic E-state index is 7.26. The summed E-state index contributed by atoms with van der Waals surface area (Å²) in [5.74, 6) is 0. The minimum absolute atomic E-state index is 0.436. The van der Waals surface area contributed by atoms with E-state index in [0.29, 0.717) is 7.92 Å². The van der Waals surface area contributed by atoms with Crippen LogP contribution in [0.25, 0.3) is 0 Å². The van der Waals surface area contributed by atoms with E-state index in [9.17, 15) is 0 Å². The SMILES string of the molecule is C1CCC(P(C2CCCC2)C2CCCC2)C1.CC(C)=C[CH]=[Ru]([Cl])([Cl])=[C]1N(c2c(C)cc(C)cc2C)CCN1c1c(C)cc(C)cc1C. The van der Waals surface area contributed by atoms with E-state index in [0.717, 1.165) is 17.4 Å². The predicted octanol–water partition coefficient (Wildman–Crippen LogP) is 12.5. The van der Waals surface area contributed by atoms with Crippen molar-refractivity contribution in [2.75, 3.05) is 22.9 Å². The van der Waals surface area contributed by atoms with E-state index in [1.165, 1.54) is 67.3 Å². The zero-order chi connectivity index (χ0) is 33.9. The van der Waals surface area contributed by atoms with Crippen molar-refractivity contribution in [3.05, 3.63) is 69.3 Å². The van der Waals surface area contributed by atoms with Crippen molar-refractivity contribution in [1.29, 1.82) is 0 Å². The summed E-state index contributed by atoms with van der Waals surface area (Å²) in [5, 5.41) is 0. The Hall–Kier alpha value is -0.847. The summed E-state index contributed by atoms with van der Waals surface area (Å²) in [6, 6.07) is 9.00. The summed E-state index contributed by atoms with van der Waals surface area (Å²) in [6.45, 7) is 19.0. The Morgan fingerprint density at radius 3 is 1.23 bits per heavy atom. The average molecular weight is 785 g/mol. The van der Waals surface area contributed by atoms with Gasteiger partial charge in [-0.15, -0.1) is 0 Å². The molecule has 0 radical (unpaired) electrons. The zero-order valence-electron chi connectivity index (χ0n) is 30.5. The fourth-order valence-electron chi connectivity index (χ4n) is 9.12. The summed E-state index contributed by atoms with van der Waals surface area (Å²) in [5.41, 5.74) is 14.9. The van der Waals surface area contributed by atoms with Crippen LogP contribution in [0.4, 0.5) is 11.4 Å². The van der Waals surface area contributed by atoms with E-state index < -0.39 is 11.9 Å². The number of allylic oxidation sites excluding steroid dienone is 2. The first-order valence-electron chi connectivity index (χ1n) is 18.3. The molecule has 2 nitrogen and oxygen atoms in total. The monoisotopic (exact) mass is 784 g/mol. The van der Waals surface area contributed by atoms with Gasteiger partial charge in [-0.05, 0) is 55.5 Å². The molecule has 6 heteroatoms. The molecule has 2 aromatic carbocycles. The number of rotatable bonds is 6. The van der Waals surface area contributed by atoms with Gasteiger partial charge in [0.05, 0.1) is 0 Å². The second-order valence-electron chi connectivity index (χ2n) is 15.1. The summed E-state index contributed by atoms with van der Waals surface area (Å²) >= 11 is -3.33. The first kappa shape index (κ1) is 37.4. The van der Waals surface area contributed by atoms with E-state index in [1.807, 2.05) is 0 Å². The molecule has 4 fully saturated rings. The molecule has 6 rings (SSSR count). The van der Waals surface area contributed by atoms with Crippen molar-refractivity contribution in [2.45, 2.75) is 149 Å². The predicted molar refractivity (Wildman–Crippen MR) is 212 cm³/mol. The number of hydrogen-bond acceptors (Lipinski definition) is 2. The van der Waals surface area contributed by atoms with Gasteiger partial charge in [-0.25, -0.2) is 0 Å². The molecule has 47 heavy (non-hydrogen) atoms. The van der Waals surface area contributed by atoms with Gasteiger partial charge in [-0.1, -0.05) is 46.4 Å². The molecule has 2 aromatic rings. The first-order valence-corrected chi connectivity index (χ1v) is 26.2. The Bertz CT molecular complexity index is 1400. The van der Waals surface area contributed by atoms with Gasteiger partial charge in [0, 0.05) is 0 Å². The van der Waals surface area contributed by atoms with Gasteiger partial charge < -0.3 is 0 Å². The molecule has 0 bridgehead atoms. The Labute approximate surface area is 299 Å². The Morgan fingerprint density at radius 1 is 0.617 bits per heavy atom. The van der Waals surface area contributed by atoms with Gasteiger partial charge in [-0.2, -0.15) is 0 Å². The number of aryl methyl sites for hydroxylation is 6. The van der Waals surface area contributed by atoms with Gasteiger partial charge in [0.2, 0.25) is 0 Å². The fourth-order valence-corrected chi connectivity index (χ4v) is 19.3. The van der Waals surface area contributed by atoms with Gasteiger partial charge in [-0.3, -0.25) is 0 Å². The minimum atomic E-state index is -3.33. The molecular weight excluding hydrogens is 723 g/mol. The molecule has 0 atom stereocenters. The van der Waals surface area contributed by atoms with Crippen molar-refractivity contribution in [1.82, 2.24) is 0 Å². The summed E-state index contributed by atoms with van der Waals surface area (Å²) in [7, 11) is 15.0. The van der Waals surface area contributed by atoms with Crippen LogP contribution >= 0.6 is 27.3 Å². The van der Waals surface area contributed by atoms with Crippen LogP contribution in [0.5, 0.6) is 0 Å². The normalized spacial score (nSPS) is 19.9.